The van der Waals surface area contributed by atoms with Gasteiger partial charge >= 0.3 is 5.97 Å². The first-order chi connectivity index (χ1) is 17.5. The average Bonchev–Trinajstić information content (AvgIpc) is 2.89. The van der Waals surface area contributed by atoms with Crippen LogP contribution in [0.3, 0.4) is 0 Å². The number of unbranched alkanes of at least 4 members (excludes halogenated alkanes) is 1. The van der Waals surface area contributed by atoms with Crippen molar-refractivity contribution in [2.45, 2.75) is 26.7 Å². The highest BCUT2D eigenvalue weighted by atomic mass is 16.6. The van der Waals surface area contributed by atoms with Gasteiger partial charge in [-0.1, -0.05) is 25.5 Å². The molecule has 0 atom stereocenters. The number of methoxy groups -OCH3 is 1. The van der Waals surface area contributed by atoms with Gasteiger partial charge in [0.15, 0.2) is 18.1 Å². The molecule has 0 aliphatic heterocycles. The van der Waals surface area contributed by atoms with Crippen LogP contribution >= 0.6 is 0 Å². The number of amides is 1. The average molecular weight is 491 g/mol. The van der Waals surface area contributed by atoms with Gasteiger partial charge in [0, 0.05) is 0 Å². The summed E-state index contributed by atoms with van der Waals surface area (Å²) in [6, 6.07) is 19.1. The second kappa shape index (κ2) is 13.5. The van der Waals surface area contributed by atoms with Crippen LogP contribution in [0.2, 0.25) is 0 Å². The van der Waals surface area contributed by atoms with Crippen molar-refractivity contribution in [2.75, 3.05) is 20.3 Å². The van der Waals surface area contributed by atoms with E-state index in [1.165, 1.54) is 13.3 Å². The zero-order valence-corrected chi connectivity index (χ0v) is 20.7. The number of rotatable bonds is 12. The number of ether oxygens (including phenoxy) is 4. The quantitative estimate of drug-likeness (QED) is 0.127. The Kier molecular flexibility index (Phi) is 9.88. The summed E-state index contributed by atoms with van der Waals surface area (Å²) in [5, 5.41) is 3.94. The van der Waals surface area contributed by atoms with Crippen LogP contribution in [-0.2, 0) is 4.79 Å². The summed E-state index contributed by atoms with van der Waals surface area (Å²) >= 11 is 0. The summed E-state index contributed by atoms with van der Waals surface area (Å²) in [5.74, 6) is 1.01. The van der Waals surface area contributed by atoms with Gasteiger partial charge in [-0.2, -0.15) is 5.10 Å². The van der Waals surface area contributed by atoms with E-state index in [4.69, 9.17) is 18.9 Å². The van der Waals surface area contributed by atoms with Crippen LogP contribution in [0.5, 0.6) is 23.0 Å². The minimum Gasteiger partial charge on any atom is -0.494 e. The smallest absolute Gasteiger partial charge is 0.343 e. The molecule has 0 heterocycles. The molecular weight excluding hydrogens is 460 g/mol. The lowest BCUT2D eigenvalue weighted by Gasteiger charge is -2.10. The molecule has 1 amide bonds. The van der Waals surface area contributed by atoms with Crippen molar-refractivity contribution < 1.29 is 28.5 Å². The summed E-state index contributed by atoms with van der Waals surface area (Å²) < 4.78 is 21.9. The first-order valence-electron chi connectivity index (χ1n) is 11.6. The normalized spacial score (nSPS) is 10.6. The highest BCUT2D eigenvalue weighted by Gasteiger charge is 2.13. The maximum Gasteiger partial charge on any atom is 0.343 e. The van der Waals surface area contributed by atoms with E-state index in [1.807, 2.05) is 25.1 Å². The zero-order chi connectivity index (χ0) is 25.8. The molecule has 3 rings (SSSR count). The molecule has 1 N–H and O–H groups in total. The van der Waals surface area contributed by atoms with E-state index in [0.29, 0.717) is 35.0 Å². The van der Waals surface area contributed by atoms with Crippen molar-refractivity contribution in [3.63, 3.8) is 0 Å². The topological polar surface area (TPSA) is 95.5 Å². The van der Waals surface area contributed by atoms with Gasteiger partial charge in [-0.15, -0.1) is 0 Å². The third kappa shape index (κ3) is 8.16. The minimum atomic E-state index is -0.518. The fourth-order valence-corrected chi connectivity index (χ4v) is 3.09. The molecule has 8 heteroatoms. The van der Waals surface area contributed by atoms with Crippen molar-refractivity contribution in [1.82, 2.24) is 5.43 Å². The van der Waals surface area contributed by atoms with E-state index in [2.05, 4.69) is 17.5 Å². The number of hydrogen-bond acceptors (Lipinski definition) is 7. The number of aryl methyl sites for hydroxylation is 1. The predicted octanol–water partition coefficient (Wildman–Crippen LogP) is 4.93. The maximum absolute atomic E-state index is 12.6. The summed E-state index contributed by atoms with van der Waals surface area (Å²) in [4.78, 5) is 24.5. The van der Waals surface area contributed by atoms with E-state index in [9.17, 15) is 9.59 Å². The minimum absolute atomic E-state index is 0.162. The van der Waals surface area contributed by atoms with Crippen molar-refractivity contribution >= 4 is 18.1 Å². The van der Waals surface area contributed by atoms with Crippen LogP contribution in [0.1, 0.15) is 41.3 Å². The summed E-state index contributed by atoms with van der Waals surface area (Å²) in [5.41, 5.74) is 4.48. The monoisotopic (exact) mass is 490 g/mol. The van der Waals surface area contributed by atoms with Crippen molar-refractivity contribution in [3.8, 4) is 23.0 Å². The van der Waals surface area contributed by atoms with Crippen LogP contribution in [0.25, 0.3) is 0 Å². The Hall–Kier alpha value is -4.33. The van der Waals surface area contributed by atoms with E-state index in [0.717, 1.165) is 18.4 Å². The van der Waals surface area contributed by atoms with Crippen LogP contribution in [0.15, 0.2) is 71.8 Å². The lowest BCUT2D eigenvalue weighted by atomic mass is 10.2. The Labute approximate surface area is 210 Å². The molecule has 36 heavy (non-hydrogen) atoms. The highest BCUT2D eigenvalue weighted by molar-refractivity contribution is 5.92. The zero-order valence-electron chi connectivity index (χ0n) is 20.7. The number of carbonyl (C=O) groups is 2. The number of benzene rings is 3. The molecule has 0 aliphatic carbocycles. The first-order valence-corrected chi connectivity index (χ1v) is 11.6. The van der Waals surface area contributed by atoms with Gasteiger partial charge in [0.2, 0.25) is 0 Å². The van der Waals surface area contributed by atoms with Gasteiger partial charge in [-0.3, -0.25) is 4.79 Å². The van der Waals surface area contributed by atoms with Crippen molar-refractivity contribution in [1.29, 1.82) is 0 Å². The maximum atomic E-state index is 12.6. The molecule has 0 aromatic heterocycles. The molecule has 0 fully saturated rings. The molecule has 0 unspecified atom stereocenters. The van der Waals surface area contributed by atoms with Gasteiger partial charge in [-0.05, 0) is 79.1 Å². The molecule has 0 aliphatic rings. The van der Waals surface area contributed by atoms with Gasteiger partial charge < -0.3 is 18.9 Å². The summed E-state index contributed by atoms with van der Waals surface area (Å²) in [6.45, 7) is 4.51. The van der Waals surface area contributed by atoms with Crippen molar-refractivity contribution in [2.24, 2.45) is 5.10 Å². The van der Waals surface area contributed by atoms with E-state index >= 15 is 0 Å². The van der Waals surface area contributed by atoms with Crippen LogP contribution in [-0.4, -0.2) is 38.4 Å². The second-order valence-corrected chi connectivity index (χ2v) is 7.92. The molecule has 0 radical (unpaired) electrons. The fourth-order valence-electron chi connectivity index (χ4n) is 3.09. The van der Waals surface area contributed by atoms with Gasteiger partial charge in [0.25, 0.3) is 5.91 Å². The molecule has 3 aromatic carbocycles. The number of hydrazone groups is 1. The number of hydrogen-bond donors (Lipinski definition) is 1. The number of nitrogens with one attached hydrogen (secondary N) is 1. The molecule has 0 saturated carbocycles. The third-order valence-electron chi connectivity index (χ3n) is 5.01. The Balaban J connectivity index is 1.53. The van der Waals surface area contributed by atoms with Crippen LogP contribution < -0.4 is 24.4 Å². The Morgan fingerprint density at radius 1 is 0.944 bits per heavy atom. The van der Waals surface area contributed by atoms with E-state index in [-0.39, 0.29) is 12.4 Å². The van der Waals surface area contributed by atoms with Gasteiger partial charge in [-0.25, -0.2) is 10.2 Å². The standard InChI is InChI=1S/C28H30N2O6/c1-4-5-15-34-23-12-10-22(11-13-23)28(32)36-25-14-9-21(17-26(25)33-3)18-29-30-27(31)19-35-24-8-6-7-20(2)16-24/h6-14,16-18H,4-5,15,19H2,1-3H3,(H,30,31)/b29-18-. The number of esters is 1. The summed E-state index contributed by atoms with van der Waals surface area (Å²) in [7, 11) is 1.47. The van der Waals surface area contributed by atoms with Gasteiger partial charge in [0.05, 0.1) is 25.5 Å². The summed E-state index contributed by atoms with van der Waals surface area (Å²) in [6.07, 6.45) is 3.48. The van der Waals surface area contributed by atoms with E-state index in [1.54, 1.807) is 48.5 Å². The molecular formula is C28H30N2O6. The number of nitrogens with zero attached hydrogens (tertiary/aromatic N) is 1. The van der Waals surface area contributed by atoms with Gasteiger partial charge in [0.1, 0.15) is 11.5 Å². The molecule has 3 aromatic rings. The SMILES string of the molecule is CCCCOc1ccc(C(=O)Oc2ccc(/C=N\NC(=O)COc3cccc(C)c3)cc2OC)cc1. The second-order valence-electron chi connectivity index (χ2n) is 7.92. The van der Waals surface area contributed by atoms with E-state index < -0.39 is 11.9 Å². The lowest BCUT2D eigenvalue weighted by Crippen LogP contribution is -2.24. The lowest BCUT2D eigenvalue weighted by molar-refractivity contribution is -0.123. The van der Waals surface area contributed by atoms with Crippen LogP contribution in [0, 0.1) is 6.92 Å². The Bertz CT molecular complexity index is 1190. The largest absolute Gasteiger partial charge is 0.494 e. The molecule has 8 nitrogen and oxygen atoms in total. The molecule has 0 spiro atoms. The molecule has 0 saturated heterocycles. The molecule has 0 bridgehead atoms. The first kappa shape index (κ1) is 26.3. The predicted molar refractivity (Wildman–Crippen MR) is 137 cm³/mol. The number of carbonyl (C=O) groups excluding carboxylic acids is 2. The van der Waals surface area contributed by atoms with Crippen LogP contribution in [0.4, 0.5) is 0 Å². The highest BCUT2D eigenvalue weighted by Crippen LogP contribution is 2.28. The fraction of sp³-hybridized carbons (Fsp3) is 0.250. The molecule has 188 valence electrons. The van der Waals surface area contributed by atoms with Crippen molar-refractivity contribution in [3.05, 3.63) is 83.4 Å². The third-order valence-corrected chi connectivity index (χ3v) is 5.01. The Morgan fingerprint density at radius 3 is 2.47 bits per heavy atom. The Morgan fingerprint density at radius 2 is 1.75 bits per heavy atom.